The second-order valence-corrected chi connectivity index (χ2v) is 3.16. The van der Waals surface area contributed by atoms with Crippen molar-refractivity contribution in [1.82, 2.24) is 9.97 Å². The Morgan fingerprint density at radius 3 is 2.79 bits per heavy atom. The minimum absolute atomic E-state index is 0.240. The number of hydrogen-bond donors (Lipinski definition) is 1. The Morgan fingerprint density at radius 1 is 1.64 bits per heavy atom. The van der Waals surface area contributed by atoms with Crippen molar-refractivity contribution in [2.24, 2.45) is 0 Å². The number of nitrogens with one attached hydrogen (secondary N) is 1. The SMILES string of the molecule is C=Cc1nc(C)[nH]c(=O)c1/C(Cl)=C\C. The zero-order valence-electron chi connectivity index (χ0n) is 8.10. The Bertz CT molecular complexity index is 446. The number of aryl methyl sites for hydroxylation is 1. The lowest BCUT2D eigenvalue weighted by molar-refractivity contribution is 1.00. The molecule has 1 aromatic rings. The third-order valence-corrected chi connectivity index (χ3v) is 2.16. The average Bonchev–Trinajstić information content (AvgIpc) is 2.15. The molecular weight excluding hydrogens is 200 g/mol. The third kappa shape index (κ3) is 1.93. The molecule has 1 N–H and O–H groups in total. The van der Waals surface area contributed by atoms with Gasteiger partial charge in [-0.25, -0.2) is 4.98 Å². The van der Waals surface area contributed by atoms with Crippen LogP contribution in [0.1, 0.15) is 24.0 Å². The highest BCUT2D eigenvalue weighted by atomic mass is 35.5. The number of allylic oxidation sites excluding steroid dienone is 1. The van der Waals surface area contributed by atoms with Gasteiger partial charge in [0.15, 0.2) is 0 Å². The summed E-state index contributed by atoms with van der Waals surface area (Å²) in [4.78, 5) is 18.3. The zero-order chi connectivity index (χ0) is 10.7. The van der Waals surface area contributed by atoms with Gasteiger partial charge in [-0.3, -0.25) is 4.79 Å². The smallest absolute Gasteiger partial charge is 0.260 e. The first kappa shape index (κ1) is 10.7. The Hall–Kier alpha value is -1.35. The second kappa shape index (κ2) is 4.24. The zero-order valence-corrected chi connectivity index (χ0v) is 8.85. The minimum atomic E-state index is -0.240. The molecule has 0 radical (unpaired) electrons. The molecule has 74 valence electrons. The van der Waals surface area contributed by atoms with E-state index in [2.05, 4.69) is 16.5 Å². The molecule has 14 heavy (non-hydrogen) atoms. The molecule has 4 heteroatoms. The second-order valence-electron chi connectivity index (χ2n) is 2.75. The maximum absolute atomic E-state index is 11.6. The lowest BCUT2D eigenvalue weighted by Crippen LogP contribution is -2.16. The Kier molecular flexibility index (Phi) is 3.25. The molecule has 0 unspecified atom stereocenters. The van der Waals surface area contributed by atoms with Gasteiger partial charge in [0.1, 0.15) is 5.82 Å². The van der Waals surface area contributed by atoms with E-state index in [1.807, 2.05) is 0 Å². The van der Waals surface area contributed by atoms with Crippen LogP contribution in [0.3, 0.4) is 0 Å². The average molecular weight is 211 g/mol. The molecule has 0 saturated heterocycles. The van der Waals surface area contributed by atoms with Crippen molar-refractivity contribution in [3.8, 4) is 0 Å². The lowest BCUT2D eigenvalue weighted by Gasteiger charge is -2.03. The fourth-order valence-corrected chi connectivity index (χ4v) is 1.31. The molecule has 1 aromatic heterocycles. The van der Waals surface area contributed by atoms with Gasteiger partial charge in [0, 0.05) is 0 Å². The van der Waals surface area contributed by atoms with Crippen LogP contribution in [0.25, 0.3) is 11.1 Å². The molecule has 0 spiro atoms. The first-order valence-corrected chi connectivity index (χ1v) is 4.53. The first-order chi connectivity index (χ1) is 6.60. The summed E-state index contributed by atoms with van der Waals surface area (Å²) in [5, 5.41) is 0.383. The number of nitrogens with zero attached hydrogens (tertiary/aromatic N) is 1. The van der Waals surface area contributed by atoms with E-state index in [0.717, 1.165) is 0 Å². The van der Waals surface area contributed by atoms with Crippen LogP contribution in [-0.4, -0.2) is 9.97 Å². The quantitative estimate of drug-likeness (QED) is 0.814. The van der Waals surface area contributed by atoms with Crippen LogP contribution in [0, 0.1) is 6.92 Å². The molecule has 0 saturated carbocycles. The van der Waals surface area contributed by atoms with E-state index >= 15 is 0 Å². The van der Waals surface area contributed by atoms with Gasteiger partial charge in [0.25, 0.3) is 5.56 Å². The van der Waals surface area contributed by atoms with Gasteiger partial charge in [0.05, 0.1) is 16.3 Å². The molecule has 1 heterocycles. The van der Waals surface area contributed by atoms with Gasteiger partial charge in [-0.05, 0) is 19.9 Å². The van der Waals surface area contributed by atoms with Crippen molar-refractivity contribution in [3.05, 3.63) is 40.1 Å². The van der Waals surface area contributed by atoms with Gasteiger partial charge in [-0.15, -0.1) is 0 Å². The molecule has 1 rings (SSSR count). The van der Waals surface area contributed by atoms with Crippen LogP contribution >= 0.6 is 11.6 Å². The summed E-state index contributed by atoms with van der Waals surface area (Å²) < 4.78 is 0. The van der Waals surface area contributed by atoms with Crippen molar-refractivity contribution >= 4 is 22.7 Å². The van der Waals surface area contributed by atoms with Crippen molar-refractivity contribution in [2.45, 2.75) is 13.8 Å². The van der Waals surface area contributed by atoms with E-state index in [4.69, 9.17) is 11.6 Å². The number of hydrogen-bond acceptors (Lipinski definition) is 2. The summed E-state index contributed by atoms with van der Waals surface area (Å²) in [6.07, 6.45) is 3.17. The molecule has 0 aromatic carbocycles. The molecule has 0 aliphatic carbocycles. The molecule has 0 atom stereocenters. The first-order valence-electron chi connectivity index (χ1n) is 4.15. The molecule has 0 amide bonds. The van der Waals surface area contributed by atoms with E-state index in [-0.39, 0.29) is 5.56 Å². The molecule has 0 bridgehead atoms. The fraction of sp³-hybridized carbons (Fsp3) is 0.200. The van der Waals surface area contributed by atoms with Crippen molar-refractivity contribution in [2.75, 3.05) is 0 Å². The Morgan fingerprint density at radius 2 is 2.29 bits per heavy atom. The Balaban J connectivity index is 3.56. The van der Waals surface area contributed by atoms with Crippen LogP contribution in [0.15, 0.2) is 17.4 Å². The van der Waals surface area contributed by atoms with E-state index in [1.165, 1.54) is 6.08 Å². The molecule has 3 nitrogen and oxygen atoms in total. The van der Waals surface area contributed by atoms with Crippen LogP contribution in [-0.2, 0) is 0 Å². The number of halogens is 1. The number of rotatable bonds is 2. The molecule has 0 fully saturated rings. The monoisotopic (exact) mass is 210 g/mol. The highest BCUT2D eigenvalue weighted by Crippen LogP contribution is 2.18. The highest BCUT2D eigenvalue weighted by Gasteiger charge is 2.09. The maximum Gasteiger partial charge on any atom is 0.260 e. The predicted octanol–water partition coefficient (Wildman–Crippen LogP) is 2.32. The molecule has 0 aliphatic heterocycles. The van der Waals surface area contributed by atoms with Gasteiger partial charge in [-0.2, -0.15) is 0 Å². The van der Waals surface area contributed by atoms with E-state index < -0.39 is 0 Å². The third-order valence-electron chi connectivity index (χ3n) is 1.75. The van der Waals surface area contributed by atoms with Crippen molar-refractivity contribution in [1.29, 1.82) is 0 Å². The largest absolute Gasteiger partial charge is 0.310 e. The maximum atomic E-state index is 11.6. The van der Waals surface area contributed by atoms with Crippen molar-refractivity contribution < 1.29 is 0 Å². The van der Waals surface area contributed by atoms with Crippen LogP contribution in [0.5, 0.6) is 0 Å². The number of H-pyrrole nitrogens is 1. The normalized spacial score (nSPS) is 11.5. The summed E-state index contributed by atoms with van der Waals surface area (Å²) in [5.41, 5.74) is 0.639. The van der Waals surface area contributed by atoms with Crippen molar-refractivity contribution in [3.63, 3.8) is 0 Å². The molecule has 0 aliphatic rings. The van der Waals surface area contributed by atoms with Gasteiger partial charge in [0.2, 0.25) is 0 Å². The molecular formula is C10H11ClN2O. The van der Waals surface area contributed by atoms with Gasteiger partial charge < -0.3 is 4.98 Å². The van der Waals surface area contributed by atoms with E-state index in [9.17, 15) is 4.79 Å². The summed E-state index contributed by atoms with van der Waals surface area (Å²) >= 11 is 5.89. The van der Waals surface area contributed by atoms with Crippen LogP contribution in [0.4, 0.5) is 0 Å². The summed E-state index contributed by atoms with van der Waals surface area (Å²) in [6, 6.07) is 0. The topological polar surface area (TPSA) is 45.8 Å². The van der Waals surface area contributed by atoms with Crippen LogP contribution in [0.2, 0.25) is 0 Å². The van der Waals surface area contributed by atoms with E-state index in [1.54, 1.807) is 19.9 Å². The minimum Gasteiger partial charge on any atom is -0.310 e. The van der Waals surface area contributed by atoms with Gasteiger partial charge in [-0.1, -0.05) is 24.3 Å². The van der Waals surface area contributed by atoms with Crippen LogP contribution < -0.4 is 5.56 Å². The number of aromatic nitrogens is 2. The standard InChI is InChI=1S/C10H11ClN2O/c1-4-7(11)9-8(5-2)12-6(3)13-10(9)14/h4-5H,2H2,1,3H3,(H,12,13,14)/b7-4+. The number of aromatic amines is 1. The highest BCUT2D eigenvalue weighted by molar-refractivity contribution is 6.48. The fourth-order valence-electron chi connectivity index (χ4n) is 1.13. The summed E-state index contributed by atoms with van der Waals surface area (Å²) in [7, 11) is 0. The van der Waals surface area contributed by atoms with Gasteiger partial charge >= 0.3 is 0 Å². The summed E-state index contributed by atoms with van der Waals surface area (Å²) in [5.74, 6) is 0.550. The lowest BCUT2D eigenvalue weighted by atomic mass is 10.2. The summed E-state index contributed by atoms with van der Waals surface area (Å²) in [6.45, 7) is 7.06. The van der Waals surface area contributed by atoms with E-state index in [0.29, 0.717) is 22.1 Å². The predicted molar refractivity (Wildman–Crippen MR) is 59.2 cm³/mol. The Labute approximate surface area is 87.1 Å².